The smallest absolute Gasteiger partial charge is 0.277 e. The van der Waals surface area contributed by atoms with E-state index in [1.165, 1.54) is 4.90 Å². The van der Waals surface area contributed by atoms with Crippen LogP contribution in [-0.4, -0.2) is 61.4 Å². The van der Waals surface area contributed by atoms with E-state index in [1.807, 2.05) is 41.3 Å². The number of carbonyl (C=O) groups excluding carboxylic acids is 2. The van der Waals surface area contributed by atoms with Crippen molar-refractivity contribution in [2.45, 2.75) is 6.54 Å². The highest BCUT2D eigenvalue weighted by Crippen LogP contribution is 2.23. The number of nitrogens with one attached hydrogen (secondary N) is 1. The first kappa shape index (κ1) is 20.6. The summed E-state index contributed by atoms with van der Waals surface area (Å²) in [6.45, 7) is 3.77. The van der Waals surface area contributed by atoms with Crippen molar-refractivity contribution in [3.63, 3.8) is 0 Å². The molecule has 0 saturated carbocycles. The van der Waals surface area contributed by atoms with Gasteiger partial charge in [0, 0.05) is 19.2 Å². The molecule has 0 unspecified atom stereocenters. The molecule has 148 valence electrons. The lowest BCUT2D eigenvalue weighted by Gasteiger charge is -2.32. The minimum absolute atomic E-state index is 0.0581. The molecule has 1 N–H and O–H groups in total. The molecule has 1 fully saturated rings. The minimum Gasteiger partial charge on any atom is -0.337 e. The third-order valence-electron chi connectivity index (χ3n) is 5.01. The molecule has 0 radical (unpaired) electrons. The molecule has 1 heterocycles. The maximum atomic E-state index is 12.6. The molecule has 7 heteroatoms. The molecule has 0 aromatic heterocycles. The topological polar surface area (TPSA) is 45.1 Å². The molecule has 0 aliphatic carbocycles. The van der Waals surface area contributed by atoms with Gasteiger partial charge in [0.2, 0.25) is 0 Å². The fraction of sp³-hybridized carbons (Fsp3) is 0.333. The van der Waals surface area contributed by atoms with Gasteiger partial charge in [0.15, 0.2) is 6.54 Å². The molecule has 28 heavy (non-hydrogen) atoms. The third-order valence-corrected chi connectivity index (χ3v) is 5.75. The van der Waals surface area contributed by atoms with Crippen molar-refractivity contribution in [1.29, 1.82) is 0 Å². The SMILES string of the molecule is CN(Cc1ccc(Cl)c(Cl)c1)C(=O)C[NH+]1CCN(C(=O)c2ccccc2)CC1. The van der Waals surface area contributed by atoms with E-state index in [0.717, 1.165) is 18.7 Å². The molecule has 1 saturated heterocycles. The van der Waals surface area contributed by atoms with Crippen molar-refractivity contribution < 1.29 is 14.5 Å². The first-order valence-electron chi connectivity index (χ1n) is 9.30. The summed E-state index contributed by atoms with van der Waals surface area (Å²) < 4.78 is 0. The van der Waals surface area contributed by atoms with Gasteiger partial charge in [-0.1, -0.05) is 47.5 Å². The molecule has 2 amide bonds. The zero-order valence-corrected chi connectivity index (χ0v) is 17.3. The van der Waals surface area contributed by atoms with E-state index in [-0.39, 0.29) is 11.8 Å². The van der Waals surface area contributed by atoms with Gasteiger partial charge in [0.25, 0.3) is 11.8 Å². The van der Waals surface area contributed by atoms with Gasteiger partial charge in [-0.3, -0.25) is 9.59 Å². The van der Waals surface area contributed by atoms with Gasteiger partial charge in [0.1, 0.15) is 0 Å². The van der Waals surface area contributed by atoms with Crippen molar-refractivity contribution in [2.24, 2.45) is 0 Å². The standard InChI is InChI=1S/C21H23Cl2N3O2/c1-24(14-16-7-8-18(22)19(23)13-16)20(27)15-25-9-11-26(12-10-25)21(28)17-5-3-2-4-6-17/h2-8,13H,9-12,14-15H2,1H3/p+1. The molecule has 5 nitrogen and oxygen atoms in total. The van der Waals surface area contributed by atoms with Crippen molar-refractivity contribution in [3.05, 3.63) is 69.7 Å². The summed E-state index contributed by atoms with van der Waals surface area (Å²) in [5.41, 5.74) is 1.65. The lowest BCUT2D eigenvalue weighted by Crippen LogP contribution is -3.15. The summed E-state index contributed by atoms with van der Waals surface area (Å²) in [5.74, 6) is 0.131. The van der Waals surface area contributed by atoms with E-state index in [0.29, 0.717) is 41.8 Å². The van der Waals surface area contributed by atoms with E-state index in [9.17, 15) is 9.59 Å². The predicted octanol–water partition coefficient (Wildman–Crippen LogP) is 1.99. The number of rotatable bonds is 5. The Morgan fingerprint density at radius 3 is 2.36 bits per heavy atom. The number of likely N-dealkylation sites (N-methyl/N-ethyl adjacent to an activating group) is 1. The number of piperazine rings is 1. The van der Waals surface area contributed by atoms with Crippen LogP contribution >= 0.6 is 23.2 Å². The quantitative estimate of drug-likeness (QED) is 0.803. The number of carbonyl (C=O) groups is 2. The molecule has 0 bridgehead atoms. The third kappa shape index (κ3) is 5.25. The van der Waals surface area contributed by atoms with Crippen molar-refractivity contribution in [3.8, 4) is 0 Å². The number of hydrogen-bond donors (Lipinski definition) is 1. The summed E-state index contributed by atoms with van der Waals surface area (Å²) >= 11 is 12.0. The normalized spacial score (nSPS) is 14.8. The van der Waals surface area contributed by atoms with Gasteiger partial charge < -0.3 is 14.7 Å². The molecule has 0 spiro atoms. The Bertz CT molecular complexity index is 837. The van der Waals surface area contributed by atoms with Gasteiger partial charge in [0.05, 0.1) is 36.2 Å². The van der Waals surface area contributed by atoms with Crippen molar-refractivity contribution in [1.82, 2.24) is 9.80 Å². The fourth-order valence-corrected chi connectivity index (χ4v) is 3.64. The largest absolute Gasteiger partial charge is 0.337 e. The summed E-state index contributed by atoms with van der Waals surface area (Å²) in [6.07, 6.45) is 0. The molecular formula is C21H24Cl2N3O2+. The lowest BCUT2D eigenvalue weighted by molar-refractivity contribution is -0.896. The van der Waals surface area contributed by atoms with Gasteiger partial charge in [-0.2, -0.15) is 0 Å². The van der Waals surface area contributed by atoms with Gasteiger partial charge >= 0.3 is 0 Å². The highest BCUT2D eigenvalue weighted by molar-refractivity contribution is 6.42. The molecule has 2 aromatic carbocycles. The second kappa shape index (κ2) is 9.41. The monoisotopic (exact) mass is 420 g/mol. The maximum absolute atomic E-state index is 12.6. The predicted molar refractivity (Wildman–Crippen MR) is 111 cm³/mol. The van der Waals surface area contributed by atoms with Crippen LogP contribution in [0, 0.1) is 0 Å². The summed E-state index contributed by atoms with van der Waals surface area (Å²) in [4.78, 5) is 29.8. The number of halogens is 2. The number of nitrogens with zero attached hydrogens (tertiary/aromatic N) is 2. The van der Waals surface area contributed by atoms with E-state index < -0.39 is 0 Å². The highest BCUT2D eigenvalue weighted by atomic mass is 35.5. The van der Waals surface area contributed by atoms with Crippen molar-refractivity contribution in [2.75, 3.05) is 39.8 Å². The first-order valence-corrected chi connectivity index (χ1v) is 10.1. The van der Waals surface area contributed by atoms with Crippen LogP contribution in [0.1, 0.15) is 15.9 Å². The maximum Gasteiger partial charge on any atom is 0.277 e. The summed E-state index contributed by atoms with van der Waals surface area (Å²) in [6, 6.07) is 14.7. The van der Waals surface area contributed by atoms with Crippen LogP contribution in [0.25, 0.3) is 0 Å². The van der Waals surface area contributed by atoms with Gasteiger partial charge in [-0.25, -0.2) is 0 Å². The average Bonchev–Trinajstić information content (AvgIpc) is 2.71. The molecule has 1 aliphatic rings. The number of hydrogen-bond acceptors (Lipinski definition) is 2. The highest BCUT2D eigenvalue weighted by Gasteiger charge is 2.26. The van der Waals surface area contributed by atoms with E-state index in [2.05, 4.69) is 0 Å². The second-order valence-electron chi connectivity index (χ2n) is 7.08. The van der Waals surface area contributed by atoms with E-state index in [4.69, 9.17) is 23.2 Å². The second-order valence-corrected chi connectivity index (χ2v) is 7.90. The molecular weight excluding hydrogens is 397 g/mol. The minimum atomic E-state index is 0.0581. The Morgan fingerprint density at radius 2 is 1.71 bits per heavy atom. The van der Waals surface area contributed by atoms with Crippen LogP contribution in [0.15, 0.2) is 48.5 Å². The van der Waals surface area contributed by atoms with Crippen molar-refractivity contribution >= 4 is 35.0 Å². The molecule has 3 rings (SSSR count). The van der Waals surface area contributed by atoms with Gasteiger partial charge in [-0.15, -0.1) is 0 Å². The van der Waals surface area contributed by atoms with E-state index in [1.54, 1.807) is 24.1 Å². The summed E-state index contributed by atoms with van der Waals surface area (Å²) in [5, 5.41) is 0.997. The van der Waals surface area contributed by atoms with Crippen LogP contribution in [0.2, 0.25) is 10.0 Å². The Morgan fingerprint density at radius 1 is 1.04 bits per heavy atom. The zero-order valence-electron chi connectivity index (χ0n) is 15.8. The molecule has 0 atom stereocenters. The lowest BCUT2D eigenvalue weighted by atomic mass is 10.2. The Hall–Kier alpha value is -2.08. The average molecular weight is 421 g/mol. The number of amides is 2. The van der Waals surface area contributed by atoms with Crippen LogP contribution in [0.3, 0.4) is 0 Å². The number of benzene rings is 2. The van der Waals surface area contributed by atoms with E-state index >= 15 is 0 Å². The van der Waals surface area contributed by atoms with Crippen LogP contribution in [0.5, 0.6) is 0 Å². The number of quaternary nitrogens is 1. The summed E-state index contributed by atoms with van der Waals surface area (Å²) in [7, 11) is 1.79. The zero-order chi connectivity index (χ0) is 20.1. The Kier molecular flexibility index (Phi) is 6.94. The Balaban J connectivity index is 1.47. The molecule has 2 aromatic rings. The Labute approximate surface area is 175 Å². The van der Waals surface area contributed by atoms with Crippen LogP contribution in [0.4, 0.5) is 0 Å². The molecule has 1 aliphatic heterocycles. The van der Waals surface area contributed by atoms with Gasteiger partial charge in [-0.05, 0) is 29.8 Å². The van der Waals surface area contributed by atoms with Crippen LogP contribution in [-0.2, 0) is 11.3 Å². The fourth-order valence-electron chi connectivity index (χ4n) is 3.31. The van der Waals surface area contributed by atoms with Crippen LogP contribution < -0.4 is 4.90 Å². The first-order chi connectivity index (χ1) is 13.4.